The molecule has 0 saturated carbocycles. The largest absolute Gasteiger partial charge is 0.272 e. The highest BCUT2D eigenvalue weighted by molar-refractivity contribution is 9.12. The highest BCUT2D eigenvalue weighted by Gasteiger charge is 2.30. The van der Waals surface area contributed by atoms with Crippen LogP contribution in [0.5, 0.6) is 0 Å². The number of halogens is 2. The summed E-state index contributed by atoms with van der Waals surface area (Å²) in [6.07, 6.45) is 1.25. The van der Waals surface area contributed by atoms with Gasteiger partial charge in [0, 0.05) is 11.1 Å². The van der Waals surface area contributed by atoms with E-state index in [9.17, 15) is 9.59 Å². The van der Waals surface area contributed by atoms with Crippen molar-refractivity contribution in [1.82, 2.24) is 0 Å². The Kier molecular flexibility index (Phi) is 2.63. The van der Waals surface area contributed by atoms with Gasteiger partial charge in [0.15, 0.2) is 0 Å². The van der Waals surface area contributed by atoms with E-state index in [2.05, 4.69) is 15.9 Å². The molecule has 0 aliphatic carbocycles. The number of rotatable bonds is 1. The second kappa shape index (κ2) is 3.79. The van der Waals surface area contributed by atoms with Crippen LogP contribution >= 0.6 is 27.5 Å². The van der Waals surface area contributed by atoms with Crippen LogP contribution in [0.2, 0.25) is 5.02 Å². The summed E-state index contributed by atoms with van der Waals surface area (Å²) in [4.78, 5) is 24.1. The van der Waals surface area contributed by atoms with Crippen molar-refractivity contribution in [3.05, 3.63) is 39.8 Å². The lowest BCUT2D eigenvalue weighted by Gasteiger charge is -2.13. The summed E-state index contributed by atoms with van der Waals surface area (Å²) in [5, 5.41) is 0.560. The number of hydrogen-bond donors (Lipinski definition) is 0. The minimum atomic E-state index is -0.359. The fourth-order valence-electron chi connectivity index (χ4n) is 1.28. The van der Waals surface area contributed by atoms with Gasteiger partial charge in [-0.1, -0.05) is 11.6 Å². The first-order valence-corrected chi connectivity index (χ1v) is 5.28. The molecule has 0 fully saturated rings. The Bertz CT molecular complexity index is 467. The molecule has 1 aromatic rings. The topological polar surface area (TPSA) is 37.4 Å². The first kappa shape index (κ1) is 10.4. The minimum Gasteiger partial charge on any atom is -0.269 e. The average Bonchev–Trinajstić information content (AvgIpc) is 2.44. The van der Waals surface area contributed by atoms with Gasteiger partial charge in [-0.05, 0) is 40.2 Å². The van der Waals surface area contributed by atoms with Gasteiger partial charge in [-0.15, -0.1) is 0 Å². The van der Waals surface area contributed by atoms with Gasteiger partial charge in [-0.3, -0.25) is 9.59 Å². The number of carbonyl (C=O) groups excluding carboxylic acids is 2. The zero-order valence-corrected chi connectivity index (χ0v) is 9.75. The number of amides is 2. The summed E-state index contributed by atoms with van der Waals surface area (Å²) in [5.74, 6) is -0.712. The summed E-state index contributed by atoms with van der Waals surface area (Å²) >= 11 is 8.73. The summed E-state index contributed by atoms with van der Waals surface area (Å²) in [6, 6.07) is 6.50. The van der Waals surface area contributed by atoms with E-state index in [-0.39, 0.29) is 16.3 Å². The molecule has 0 atom stereocenters. The summed E-state index contributed by atoms with van der Waals surface area (Å²) < 4.78 is 0.266. The van der Waals surface area contributed by atoms with E-state index in [1.54, 1.807) is 24.3 Å². The Labute approximate surface area is 99.4 Å². The lowest BCUT2D eigenvalue weighted by molar-refractivity contribution is -0.120. The molecule has 15 heavy (non-hydrogen) atoms. The van der Waals surface area contributed by atoms with Gasteiger partial charge in [-0.2, -0.15) is 0 Å². The number of anilines is 1. The molecule has 0 spiro atoms. The van der Waals surface area contributed by atoms with Crippen molar-refractivity contribution in [3.8, 4) is 0 Å². The van der Waals surface area contributed by atoms with Gasteiger partial charge in [-0.25, -0.2) is 4.90 Å². The van der Waals surface area contributed by atoms with E-state index in [0.717, 1.165) is 4.90 Å². The maximum Gasteiger partial charge on any atom is 0.272 e. The molecule has 0 saturated heterocycles. The Morgan fingerprint density at radius 3 is 2.20 bits per heavy atom. The Balaban J connectivity index is 2.38. The molecule has 5 heteroatoms. The molecule has 1 aromatic carbocycles. The van der Waals surface area contributed by atoms with Gasteiger partial charge < -0.3 is 0 Å². The number of imide groups is 1. The third-order valence-corrected chi connectivity index (χ3v) is 2.78. The van der Waals surface area contributed by atoms with Crippen LogP contribution in [0, 0.1) is 0 Å². The number of benzene rings is 1. The highest BCUT2D eigenvalue weighted by atomic mass is 79.9. The standard InChI is InChI=1S/C10H5BrClNO2/c11-8-5-9(14)13(10(8)15)7-3-1-6(12)2-4-7/h1-5H. The van der Waals surface area contributed by atoms with E-state index in [1.807, 2.05) is 0 Å². The van der Waals surface area contributed by atoms with E-state index in [4.69, 9.17) is 11.6 Å². The Morgan fingerprint density at radius 2 is 1.73 bits per heavy atom. The predicted octanol–water partition coefficient (Wildman–Crippen LogP) is 2.49. The van der Waals surface area contributed by atoms with Crippen molar-refractivity contribution in [2.75, 3.05) is 4.90 Å². The van der Waals surface area contributed by atoms with Crippen molar-refractivity contribution < 1.29 is 9.59 Å². The van der Waals surface area contributed by atoms with Crippen LogP contribution in [0.15, 0.2) is 34.8 Å². The molecule has 76 valence electrons. The fraction of sp³-hybridized carbons (Fsp3) is 0. The molecule has 0 unspecified atom stereocenters. The minimum absolute atomic E-state index is 0.266. The smallest absolute Gasteiger partial charge is 0.269 e. The van der Waals surface area contributed by atoms with E-state index < -0.39 is 0 Å². The highest BCUT2D eigenvalue weighted by Crippen LogP contribution is 2.26. The molecular formula is C10H5BrClNO2. The van der Waals surface area contributed by atoms with Crippen LogP contribution in [0.25, 0.3) is 0 Å². The predicted molar refractivity (Wildman–Crippen MR) is 61.0 cm³/mol. The first-order chi connectivity index (χ1) is 7.09. The van der Waals surface area contributed by atoms with Crippen LogP contribution in [0.4, 0.5) is 5.69 Å². The van der Waals surface area contributed by atoms with Crippen molar-refractivity contribution in [1.29, 1.82) is 0 Å². The first-order valence-electron chi connectivity index (χ1n) is 4.11. The van der Waals surface area contributed by atoms with E-state index in [0.29, 0.717) is 10.7 Å². The van der Waals surface area contributed by atoms with Crippen LogP contribution < -0.4 is 4.90 Å². The van der Waals surface area contributed by atoms with Crippen molar-refractivity contribution in [3.63, 3.8) is 0 Å². The maximum absolute atomic E-state index is 11.6. The Morgan fingerprint density at radius 1 is 1.13 bits per heavy atom. The van der Waals surface area contributed by atoms with Crippen LogP contribution in [-0.4, -0.2) is 11.8 Å². The SMILES string of the molecule is O=C1C=C(Br)C(=O)N1c1ccc(Cl)cc1. The lowest BCUT2D eigenvalue weighted by atomic mass is 10.3. The molecule has 1 heterocycles. The quantitative estimate of drug-likeness (QED) is 0.744. The van der Waals surface area contributed by atoms with Crippen LogP contribution in [0.3, 0.4) is 0 Å². The lowest BCUT2D eigenvalue weighted by Crippen LogP contribution is -2.30. The molecule has 2 rings (SSSR count). The molecule has 1 aliphatic heterocycles. The monoisotopic (exact) mass is 285 g/mol. The number of nitrogens with zero attached hydrogens (tertiary/aromatic N) is 1. The van der Waals surface area contributed by atoms with Gasteiger partial charge in [0.05, 0.1) is 10.2 Å². The second-order valence-corrected chi connectivity index (χ2v) is 4.24. The average molecular weight is 287 g/mol. The third-order valence-electron chi connectivity index (χ3n) is 1.96. The summed E-state index contributed by atoms with van der Waals surface area (Å²) in [7, 11) is 0. The van der Waals surface area contributed by atoms with E-state index >= 15 is 0 Å². The molecule has 0 N–H and O–H groups in total. The maximum atomic E-state index is 11.6. The van der Waals surface area contributed by atoms with Gasteiger partial charge in [0.25, 0.3) is 11.8 Å². The van der Waals surface area contributed by atoms with E-state index in [1.165, 1.54) is 6.08 Å². The van der Waals surface area contributed by atoms with Gasteiger partial charge in [0.2, 0.25) is 0 Å². The fourth-order valence-corrected chi connectivity index (χ4v) is 1.78. The molecule has 0 aromatic heterocycles. The van der Waals surface area contributed by atoms with Crippen molar-refractivity contribution in [2.24, 2.45) is 0 Å². The molecule has 3 nitrogen and oxygen atoms in total. The molecule has 0 radical (unpaired) electrons. The van der Waals surface area contributed by atoms with Crippen molar-refractivity contribution in [2.45, 2.75) is 0 Å². The molecule has 0 bridgehead atoms. The molecule has 1 aliphatic rings. The third kappa shape index (κ3) is 1.82. The molecular weight excluding hydrogens is 281 g/mol. The zero-order valence-electron chi connectivity index (χ0n) is 7.41. The summed E-state index contributed by atoms with van der Waals surface area (Å²) in [5.41, 5.74) is 0.514. The Hall–Kier alpha value is -1.13. The second-order valence-electron chi connectivity index (χ2n) is 2.95. The summed E-state index contributed by atoms with van der Waals surface area (Å²) in [6.45, 7) is 0. The molecule has 2 amide bonds. The number of hydrogen-bond acceptors (Lipinski definition) is 2. The number of carbonyl (C=O) groups is 2. The van der Waals surface area contributed by atoms with Crippen LogP contribution in [-0.2, 0) is 9.59 Å². The van der Waals surface area contributed by atoms with Gasteiger partial charge in [0.1, 0.15) is 0 Å². The zero-order chi connectivity index (χ0) is 11.0. The van der Waals surface area contributed by atoms with Crippen molar-refractivity contribution >= 4 is 45.0 Å². The van der Waals surface area contributed by atoms with Crippen LogP contribution in [0.1, 0.15) is 0 Å². The van der Waals surface area contributed by atoms with Gasteiger partial charge >= 0.3 is 0 Å². The normalized spacial score (nSPS) is 15.9.